The third-order valence-electron chi connectivity index (χ3n) is 2.06. The molecule has 0 unspecified atom stereocenters. The van der Waals surface area contributed by atoms with E-state index < -0.39 is 0 Å². The Labute approximate surface area is 107 Å². The fraction of sp³-hybridized carbons (Fsp3) is 0.0833. The molecule has 0 aliphatic carbocycles. The maximum atomic E-state index is 13.1. The fourth-order valence-corrected chi connectivity index (χ4v) is 1.78. The lowest BCUT2D eigenvalue weighted by atomic mass is 10.3. The Balaban J connectivity index is 2.24. The van der Waals surface area contributed by atoms with Gasteiger partial charge >= 0.3 is 0 Å². The highest BCUT2D eigenvalue weighted by atomic mass is 79.9. The van der Waals surface area contributed by atoms with Gasteiger partial charge in [0.1, 0.15) is 23.1 Å². The van der Waals surface area contributed by atoms with Crippen LogP contribution in [0.15, 0.2) is 41.0 Å². The zero-order valence-electron chi connectivity index (χ0n) is 9.08. The zero-order chi connectivity index (χ0) is 12.3. The van der Waals surface area contributed by atoms with Crippen LogP contribution in [-0.2, 0) is 0 Å². The topological polar surface area (TPSA) is 34.1 Å². The number of pyridine rings is 1. The molecule has 2 rings (SSSR count). The Morgan fingerprint density at radius 1 is 1.24 bits per heavy atom. The summed E-state index contributed by atoms with van der Waals surface area (Å²) < 4.78 is 19.3. The molecule has 1 N–H and O–H groups in total. The van der Waals surface area contributed by atoms with Crippen LogP contribution in [0, 0.1) is 5.82 Å². The van der Waals surface area contributed by atoms with Crippen LogP contribution >= 0.6 is 15.9 Å². The molecule has 0 saturated heterocycles. The van der Waals surface area contributed by atoms with Gasteiger partial charge in [0.2, 0.25) is 0 Å². The van der Waals surface area contributed by atoms with E-state index in [2.05, 4.69) is 26.2 Å². The van der Waals surface area contributed by atoms with Gasteiger partial charge in [0.25, 0.3) is 0 Å². The van der Waals surface area contributed by atoms with Crippen molar-refractivity contribution >= 4 is 21.7 Å². The molecule has 0 aliphatic rings. The van der Waals surface area contributed by atoms with Crippen LogP contribution in [0.1, 0.15) is 0 Å². The summed E-state index contributed by atoms with van der Waals surface area (Å²) in [4.78, 5) is 4.06. The molecule has 1 aromatic heterocycles. The lowest BCUT2D eigenvalue weighted by Crippen LogP contribution is -1.92. The molecule has 2 aromatic rings. The first-order chi connectivity index (χ1) is 8.17. The summed E-state index contributed by atoms with van der Waals surface area (Å²) in [5, 5.41) is 2.90. The normalized spacial score (nSPS) is 10.1. The van der Waals surface area contributed by atoms with Gasteiger partial charge in [-0.2, -0.15) is 0 Å². The molecule has 17 heavy (non-hydrogen) atoms. The minimum Gasteiger partial charge on any atom is -0.457 e. The summed E-state index contributed by atoms with van der Waals surface area (Å²) in [7, 11) is 1.77. The van der Waals surface area contributed by atoms with E-state index in [1.165, 1.54) is 12.1 Å². The highest BCUT2D eigenvalue weighted by Crippen LogP contribution is 2.26. The Morgan fingerprint density at radius 2 is 2.06 bits per heavy atom. The lowest BCUT2D eigenvalue weighted by molar-refractivity contribution is 0.476. The quantitative estimate of drug-likeness (QED) is 0.935. The molecule has 5 heteroatoms. The summed E-state index contributed by atoms with van der Waals surface area (Å²) in [5.74, 6) is 1.38. The number of anilines is 1. The minimum absolute atomic E-state index is 0.350. The predicted molar refractivity (Wildman–Crippen MR) is 68.0 cm³/mol. The molecule has 3 nitrogen and oxygen atoms in total. The highest BCUT2D eigenvalue weighted by molar-refractivity contribution is 9.10. The van der Waals surface area contributed by atoms with Gasteiger partial charge in [0.15, 0.2) is 0 Å². The molecule has 0 saturated carbocycles. The van der Waals surface area contributed by atoms with E-state index in [0.717, 1.165) is 0 Å². The molecule has 0 spiro atoms. The summed E-state index contributed by atoms with van der Waals surface area (Å²) in [6.45, 7) is 0. The monoisotopic (exact) mass is 296 g/mol. The lowest BCUT2D eigenvalue weighted by Gasteiger charge is -2.07. The summed E-state index contributed by atoms with van der Waals surface area (Å²) in [6.07, 6.45) is 1.62. The van der Waals surface area contributed by atoms with Crippen LogP contribution in [0.3, 0.4) is 0 Å². The van der Waals surface area contributed by atoms with Gasteiger partial charge in [0, 0.05) is 29.8 Å². The van der Waals surface area contributed by atoms with Crippen molar-refractivity contribution in [1.29, 1.82) is 0 Å². The molecule has 0 radical (unpaired) electrons. The number of rotatable bonds is 3. The molecule has 0 amide bonds. The second-order valence-electron chi connectivity index (χ2n) is 3.33. The van der Waals surface area contributed by atoms with Crippen molar-refractivity contribution in [3.63, 3.8) is 0 Å². The number of benzene rings is 1. The van der Waals surface area contributed by atoms with Crippen LogP contribution < -0.4 is 10.1 Å². The molecule has 0 fully saturated rings. The van der Waals surface area contributed by atoms with E-state index in [-0.39, 0.29) is 5.82 Å². The highest BCUT2D eigenvalue weighted by Gasteiger charge is 2.02. The Hall–Kier alpha value is -1.62. The number of nitrogens with one attached hydrogen (secondary N) is 1. The predicted octanol–water partition coefficient (Wildman–Crippen LogP) is 3.82. The average Bonchev–Trinajstić information content (AvgIpc) is 2.28. The van der Waals surface area contributed by atoms with Crippen LogP contribution in [0.5, 0.6) is 11.5 Å². The van der Waals surface area contributed by atoms with Gasteiger partial charge < -0.3 is 10.1 Å². The van der Waals surface area contributed by atoms with Crippen LogP contribution in [0.2, 0.25) is 0 Å². The molecule has 1 heterocycles. The number of hydrogen-bond acceptors (Lipinski definition) is 3. The molecular formula is C12H10BrFN2O. The number of aromatic nitrogens is 1. The van der Waals surface area contributed by atoms with Gasteiger partial charge in [-0.3, -0.25) is 0 Å². The molecule has 0 aliphatic heterocycles. The minimum atomic E-state index is -0.350. The fourth-order valence-electron chi connectivity index (χ4n) is 1.33. The largest absolute Gasteiger partial charge is 0.457 e. The van der Waals surface area contributed by atoms with Crippen molar-refractivity contribution in [3.8, 4) is 11.5 Å². The Kier molecular flexibility index (Phi) is 3.58. The van der Waals surface area contributed by atoms with Gasteiger partial charge in [-0.15, -0.1) is 0 Å². The number of hydrogen-bond donors (Lipinski definition) is 1. The van der Waals surface area contributed by atoms with E-state index in [9.17, 15) is 4.39 Å². The second-order valence-corrected chi connectivity index (χ2v) is 4.25. The van der Waals surface area contributed by atoms with Crippen molar-refractivity contribution in [2.75, 3.05) is 12.4 Å². The number of halogens is 2. The number of nitrogens with zero attached hydrogens (tertiary/aromatic N) is 1. The van der Waals surface area contributed by atoms with Crippen LogP contribution in [-0.4, -0.2) is 12.0 Å². The Bertz CT molecular complexity index is 513. The molecule has 88 valence electrons. The van der Waals surface area contributed by atoms with Crippen molar-refractivity contribution in [3.05, 3.63) is 46.8 Å². The second kappa shape index (κ2) is 5.14. The van der Waals surface area contributed by atoms with E-state index in [1.54, 1.807) is 31.4 Å². The van der Waals surface area contributed by atoms with Crippen molar-refractivity contribution in [2.45, 2.75) is 0 Å². The van der Waals surface area contributed by atoms with E-state index in [1.807, 2.05) is 0 Å². The number of ether oxygens (including phenoxy) is 1. The first-order valence-electron chi connectivity index (χ1n) is 4.95. The maximum Gasteiger partial charge on any atom is 0.132 e. The summed E-state index contributed by atoms with van der Waals surface area (Å²) in [5.41, 5.74) is 0. The van der Waals surface area contributed by atoms with E-state index in [0.29, 0.717) is 21.8 Å². The zero-order valence-corrected chi connectivity index (χ0v) is 10.7. The van der Waals surface area contributed by atoms with Gasteiger partial charge in [-0.05, 0) is 18.2 Å². The summed E-state index contributed by atoms with van der Waals surface area (Å²) in [6, 6.07) is 7.84. The molecule has 0 bridgehead atoms. The van der Waals surface area contributed by atoms with Gasteiger partial charge in [-0.25, -0.2) is 9.37 Å². The smallest absolute Gasteiger partial charge is 0.132 e. The molecular weight excluding hydrogens is 287 g/mol. The standard InChI is InChI=1S/C12H10BrFN2O/c1-15-12-7-10(2-3-16-12)17-11-5-8(13)4-9(14)6-11/h2-7H,1H3,(H,15,16). The van der Waals surface area contributed by atoms with Gasteiger partial charge in [-0.1, -0.05) is 15.9 Å². The SMILES string of the molecule is CNc1cc(Oc2cc(F)cc(Br)c2)ccn1. The Morgan fingerprint density at radius 3 is 2.76 bits per heavy atom. The van der Waals surface area contributed by atoms with Crippen molar-refractivity contribution < 1.29 is 9.13 Å². The molecule has 0 atom stereocenters. The molecule has 1 aromatic carbocycles. The van der Waals surface area contributed by atoms with Crippen molar-refractivity contribution in [1.82, 2.24) is 4.98 Å². The van der Waals surface area contributed by atoms with E-state index >= 15 is 0 Å². The van der Waals surface area contributed by atoms with E-state index in [4.69, 9.17) is 4.74 Å². The maximum absolute atomic E-state index is 13.1. The van der Waals surface area contributed by atoms with Gasteiger partial charge in [0.05, 0.1) is 0 Å². The summed E-state index contributed by atoms with van der Waals surface area (Å²) >= 11 is 3.21. The van der Waals surface area contributed by atoms with Crippen molar-refractivity contribution in [2.24, 2.45) is 0 Å². The first-order valence-corrected chi connectivity index (χ1v) is 5.74. The van der Waals surface area contributed by atoms with Crippen LogP contribution in [0.4, 0.5) is 10.2 Å². The average molecular weight is 297 g/mol. The third-order valence-corrected chi connectivity index (χ3v) is 2.52. The first kappa shape index (κ1) is 11.9. The van der Waals surface area contributed by atoms with Crippen LogP contribution in [0.25, 0.3) is 0 Å². The third kappa shape index (κ3) is 3.17.